The van der Waals surface area contributed by atoms with Gasteiger partial charge in [-0.3, -0.25) is 0 Å². The summed E-state index contributed by atoms with van der Waals surface area (Å²) < 4.78 is 0. The Morgan fingerprint density at radius 3 is 0.935 bits per heavy atom. The van der Waals surface area contributed by atoms with Gasteiger partial charge in [0.25, 0.3) is 0 Å². The number of aliphatic hydroxyl groups is 4. The predicted molar refractivity (Wildman–Crippen MR) is 103 cm³/mol. The minimum absolute atomic E-state index is 0.294. The monoisotopic (exact) mass is 459 g/mol. The molecule has 0 heterocycles. The minimum atomic E-state index is -2.97. The number of hydrogen-bond acceptors (Lipinski definition) is 10. The van der Waals surface area contributed by atoms with Gasteiger partial charge in [0.1, 0.15) is 25.2 Å². The van der Waals surface area contributed by atoms with Crippen LogP contribution in [0.15, 0.2) is 0 Å². The van der Waals surface area contributed by atoms with Gasteiger partial charge in [0, 0.05) is 24.8 Å². The molecule has 0 amide bonds. The summed E-state index contributed by atoms with van der Waals surface area (Å²) in [6.45, 7) is 3.42. The Hall–Kier alpha value is -1.87. The van der Waals surface area contributed by atoms with Crippen LogP contribution in [-0.4, -0.2) is 126 Å². The van der Waals surface area contributed by atoms with Gasteiger partial charge in [-0.2, -0.15) is 0 Å². The van der Waals surface area contributed by atoms with Gasteiger partial charge >= 0.3 is 0 Å². The molecule has 188 valence electrons. The molecule has 0 spiro atoms. The molecule has 0 saturated heterocycles. The number of aliphatic carboxylic acids is 3. The summed E-state index contributed by atoms with van der Waals surface area (Å²) in [5.41, 5.74) is -2.97. The third kappa shape index (κ3) is 35.9. The van der Waals surface area contributed by atoms with E-state index in [0.29, 0.717) is 19.8 Å². The highest BCUT2D eigenvalue weighted by atomic mass is 16.4. The molecule has 0 aliphatic rings. The first-order chi connectivity index (χ1) is 14.1. The number of likely N-dealkylation sites (N-methyl/N-ethyl adjacent to an activating group) is 3. The first kappa shape index (κ1) is 36.5. The van der Waals surface area contributed by atoms with Gasteiger partial charge in [0.15, 0.2) is 0 Å². The molecular formula is C18H41N3O10. The van der Waals surface area contributed by atoms with Crippen molar-refractivity contribution in [1.29, 1.82) is 0 Å². The second-order valence-electron chi connectivity index (χ2n) is 7.46. The van der Waals surface area contributed by atoms with Crippen molar-refractivity contribution in [1.82, 2.24) is 0 Å². The van der Waals surface area contributed by atoms with E-state index in [2.05, 4.69) is 0 Å². The molecule has 13 nitrogen and oxygen atoms in total. The zero-order chi connectivity index (χ0) is 25.6. The first-order valence-electron chi connectivity index (χ1n) is 9.62. The number of hydrogen-bond donors (Lipinski definition) is 7. The standard InChI is InChI=1S/C6H8O7.3C4H11NO/c7-3(8)1-6(13,5(11)12)2-4(9)10;3*1-5(2)3-4-6/h13H,1-2H2,(H,7,8)(H,9,10)(H,11,12);3*6H,3-4H2,1-2H3. The maximum Gasteiger partial charge on any atom is 0.114 e. The van der Waals surface area contributed by atoms with Crippen LogP contribution in [0.25, 0.3) is 0 Å². The van der Waals surface area contributed by atoms with E-state index in [9.17, 15) is 29.7 Å². The van der Waals surface area contributed by atoms with Gasteiger partial charge in [-0.1, -0.05) is 0 Å². The van der Waals surface area contributed by atoms with Crippen molar-refractivity contribution >= 4 is 17.9 Å². The molecule has 13 heteroatoms. The van der Waals surface area contributed by atoms with Crippen molar-refractivity contribution in [2.24, 2.45) is 0 Å². The molecule has 0 radical (unpaired) electrons. The third-order valence-electron chi connectivity index (χ3n) is 3.09. The highest BCUT2D eigenvalue weighted by Gasteiger charge is 2.29. The first-order valence-corrected chi connectivity index (χ1v) is 9.62. The molecule has 31 heavy (non-hydrogen) atoms. The molecule has 0 aromatic carbocycles. The summed E-state index contributed by atoms with van der Waals surface area (Å²) >= 11 is 0. The number of nitrogens with one attached hydrogen (secondary N) is 3. The molecule has 0 aromatic heterocycles. The van der Waals surface area contributed by atoms with Gasteiger partial charge in [0.2, 0.25) is 0 Å². The van der Waals surface area contributed by atoms with Gasteiger partial charge in [-0.25, -0.2) is 0 Å². The van der Waals surface area contributed by atoms with Crippen molar-refractivity contribution in [2.75, 3.05) is 81.7 Å². The molecule has 7 N–H and O–H groups in total. The average molecular weight is 460 g/mol. The van der Waals surface area contributed by atoms with Crippen LogP contribution in [0.4, 0.5) is 0 Å². The largest absolute Gasteiger partial charge is 0.550 e. The lowest BCUT2D eigenvalue weighted by atomic mass is 9.96. The topological polar surface area (TPSA) is 215 Å². The fraction of sp³-hybridized carbons (Fsp3) is 0.833. The van der Waals surface area contributed by atoms with Crippen LogP contribution in [0.2, 0.25) is 0 Å². The van der Waals surface area contributed by atoms with Crippen molar-refractivity contribution in [3.05, 3.63) is 0 Å². The summed E-state index contributed by atoms with van der Waals surface area (Å²) in [7, 11) is 12.1. The Bertz CT molecular complexity index is 420. The van der Waals surface area contributed by atoms with Crippen molar-refractivity contribution in [3.8, 4) is 0 Å². The summed E-state index contributed by atoms with van der Waals surface area (Å²) in [5, 5.41) is 63.6. The number of rotatable bonds is 11. The lowest BCUT2D eigenvalue weighted by molar-refractivity contribution is -0.858. The van der Waals surface area contributed by atoms with Crippen molar-refractivity contribution in [2.45, 2.75) is 18.4 Å². The number of carbonyl (C=O) groups is 3. The van der Waals surface area contributed by atoms with E-state index in [0.717, 1.165) is 19.6 Å². The Labute approximate surface area is 183 Å². The number of aliphatic hydroxyl groups excluding tert-OH is 3. The van der Waals surface area contributed by atoms with Crippen LogP contribution in [0.5, 0.6) is 0 Å². The van der Waals surface area contributed by atoms with Gasteiger partial charge in [-0.15, -0.1) is 0 Å². The summed E-state index contributed by atoms with van der Waals surface area (Å²) in [4.78, 5) is 33.9. The van der Waals surface area contributed by atoms with Crippen molar-refractivity contribution in [3.63, 3.8) is 0 Å². The van der Waals surface area contributed by atoms with E-state index in [1.54, 1.807) is 0 Å². The van der Waals surface area contributed by atoms with E-state index >= 15 is 0 Å². The fourth-order valence-corrected chi connectivity index (χ4v) is 1.36. The lowest BCUT2D eigenvalue weighted by Gasteiger charge is -2.29. The van der Waals surface area contributed by atoms with E-state index in [1.165, 1.54) is 14.7 Å². The lowest BCUT2D eigenvalue weighted by Crippen LogP contribution is -3.06. The molecule has 0 aliphatic heterocycles. The SMILES string of the molecule is C[NH+](C)CCO.C[NH+](C)CCO.C[NH+](C)CCO.O=C([O-])CC(O)(CC(=O)[O-])C(=O)[O-]. The van der Waals surface area contributed by atoms with Crippen LogP contribution >= 0.6 is 0 Å². The fourth-order valence-electron chi connectivity index (χ4n) is 1.36. The molecule has 0 aromatic rings. The molecule has 0 rings (SSSR count). The number of carboxylic acids is 3. The normalized spacial score (nSPS) is 10.4. The quantitative estimate of drug-likeness (QED) is 0.155. The van der Waals surface area contributed by atoms with Crippen LogP contribution in [0.3, 0.4) is 0 Å². The minimum Gasteiger partial charge on any atom is -0.550 e. The van der Waals surface area contributed by atoms with Gasteiger partial charge in [-0.05, 0) is 0 Å². The molecule has 0 saturated carbocycles. The smallest absolute Gasteiger partial charge is 0.114 e. The van der Waals surface area contributed by atoms with Crippen LogP contribution in [0, 0.1) is 0 Å². The zero-order valence-corrected chi connectivity index (χ0v) is 19.4. The molecule has 0 atom stereocenters. The Morgan fingerprint density at radius 2 is 0.871 bits per heavy atom. The molecule has 0 unspecified atom stereocenters. The molecular weight excluding hydrogens is 418 g/mol. The van der Waals surface area contributed by atoms with Gasteiger partial charge < -0.3 is 64.8 Å². The van der Waals surface area contributed by atoms with E-state index in [1.807, 2.05) is 42.3 Å². The maximum atomic E-state index is 10.1. The van der Waals surface area contributed by atoms with Gasteiger partial charge in [0.05, 0.1) is 68.1 Å². The summed E-state index contributed by atoms with van der Waals surface area (Å²) in [6, 6.07) is 0. The summed E-state index contributed by atoms with van der Waals surface area (Å²) in [5.74, 6) is -5.98. The number of quaternary nitrogens is 3. The number of carbonyl (C=O) groups excluding carboxylic acids is 3. The highest BCUT2D eigenvalue weighted by molar-refractivity contribution is 5.86. The van der Waals surface area contributed by atoms with Crippen LogP contribution in [-0.2, 0) is 14.4 Å². The third-order valence-corrected chi connectivity index (χ3v) is 3.09. The molecule has 0 aliphatic carbocycles. The predicted octanol–water partition coefficient (Wildman–Crippen LogP) is -10.9. The Balaban J connectivity index is -0.000000171. The maximum absolute atomic E-state index is 10.1. The van der Waals surface area contributed by atoms with Crippen LogP contribution in [0.1, 0.15) is 12.8 Å². The highest BCUT2D eigenvalue weighted by Crippen LogP contribution is 2.13. The number of carboxylic acid groups (broad SMARTS) is 3. The Morgan fingerprint density at radius 1 is 0.645 bits per heavy atom. The van der Waals surface area contributed by atoms with E-state index < -0.39 is 36.4 Å². The van der Waals surface area contributed by atoms with Crippen molar-refractivity contribution < 1.29 is 64.8 Å². The van der Waals surface area contributed by atoms with E-state index in [4.69, 9.17) is 20.4 Å². The van der Waals surface area contributed by atoms with Crippen LogP contribution < -0.4 is 30.0 Å². The average Bonchev–Trinajstić information content (AvgIpc) is 2.54. The summed E-state index contributed by atoms with van der Waals surface area (Å²) in [6.07, 6.45) is -2.72. The van der Waals surface area contributed by atoms with E-state index in [-0.39, 0.29) is 0 Å². The second kappa shape index (κ2) is 22.8. The second-order valence-corrected chi connectivity index (χ2v) is 7.46. The zero-order valence-electron chi connectivity index (χ0n) is 19.4. The molecule has 0 fully saturated rings. The Kier molecular flexibility index (Phi) is 26.9. The molecule has 0 bridgehead atoms.